The molecule has 0 radical (unpaired) electrons. The minimum atomic E-state index is 0.261. The first-order valence-electron chi connectivity index (χ1n) is 15.9. The molecule has 240 valence electrons. The van der Waals surface area contributed by atoms with Gasteiger partial charge in [-0.2, -0.15) is 0 Å². The molecule has 0 bridgehead atoms. The van der Waals surface area contributed by atoms with Crippen LogP contribution in [0.4, 0.5) is 0 Å². The highest BCUT2D eigenvalue weighted by Crippen LogP contribution is 2.20. The van der Waals surface area contributed by atoms with E-state index in [4.69, 9.17) is 5.11 Å². The number of nitrogens with zero attached hydrogens (tertiary/aromatic N) is 4. The van der Waals surface area contributed by atoms with E-state index < -0.39 is 0 Å². The van der Waals surface area contributed by atoms with Gasteiger partial charge >= 0.3 is 0 Å². The van der Waals surface area contributed by atoms with Crippen LogP contribution in [0.1, 0.15) is 111 Å². The Morgan fingerprint density at radius 1 is 1.00 bits per heavy atom. The fraction of sp³-hybridized carbons (Fsp3) is 0.706. The van der Waals surface area contributed by atoms with E-state index in [9.17, 15) is 0 Å². The Bertz CT molecular complexity index is 822. The van der Waals surface area contributed by atoms with Crippen LogP contribution in [0.2, 0.25) is 0 Å². The molecule has 0 amide bonds. The summed E-state index contributed by atoms with van der Waals surface area (Å²) in [5.74, 6) is 0.429. The number of imidazole rings is 1. The summed E-state index contributed by atoms with van der Waals surface area (Å²) < 4.78 is 2.26. The van der Waals surface area contributed by atoms with Gasteiger partial charge in [-0.25, -0.2) is 4.98 Å². The van der Waals surface area contributed by atoms with Crippen LogP contribution in [0.15, 0.2) is 36.8 Å². The van der Waals surface area contributed by atoms with Crippen molar-refractivity contribution in [1.82, 2.24) is 30.1 Å². The summed E-state index contributed by atoms with van der Waals surface area (Å²) in [6, 6.07) is 4.71. The van der Waals surface area contributed by atoms with Gasteiger partial charge in [-0.1, -0.05) is 80.5 Å². The Morgan fingerprint density at radius 3 is 2.07 bits per heavy atom. The lowest BCUT2D eigenvalue weighted by molar-refractivity contribution is 0.333. The standard InChI is InChI=1S/C16H30N4.C9H11N.C4H11N.2C2H6.CH4O/c1-7-9-13(5)16(17-8-2)20-11-19-15(14(20)6)10-18-12(3)4;1-2-6-9-8(4-1)5-3-7-10-9;1-4-5(2)3;3*1-2/h7,9,11-13,16-18H,8,10H2,1-6H3;3,5,7H,1-2,4,6H2;4H2,1-3H3;2*1-2H3;2H,1H3/b9-7-;;;;;. The molecule has 7 nitrogen and oxygen atoms in total. The van der Waals surface area contributed by atoms with Crippen LogP contribution < -0.4 is 10.6 Å². The van der Waals surface area contributed by atoms with E-state index in [1.165, 1.54) is 42.6 Å². The van der Waals surface area contributed by atoms with Crippen molar-refractivity contribution in [2.45, 2.75) is 121 Å². The quantitative estimate of drug-likeness (QED) is 0.274. The lowest BCUT2D eigenvalue weighted by Gasteiger charge is -2.25. The molecule has 2 atom stereocenters. The minimum absolute atomic E-state index is 0.261. The summed E-state index contributed by atoms with van der Waals surface area (Å²) in [5, 5.41) is 14.0. The second-order valence-electron chi connectivity index (χ2n) is 9.82. The van der Waals surface area contributed by atoms with E-state index in [0.717, 1.165) is 32.4 Å². The zero-order valence-corrected chi connectivity index (χ0v) is 29.4. The Labute approximate surface area is 255 Å². The van der Waals surface area contributed by atoms with Crippen molar-refractivity contribution in [2.24, 2.45) is 5.92 Å². The molecule has 0 aliphatic heterocycles. The number of hydrogen-bond donors (Lipinski definition) is 3. The van der Waals surface area contributed by atoms with Crippen LogP contribution in [0.25, 0.3) is 0 Å². The molecule has 0 spiro atoms. The van der Waals surface area contributed by atoms with Crippen LogP contribution >= 0.6 is 0 Å². The molecule has 1 aliphatic carbocycles. The number of hydrogen-bond acceptors (Lipinski definition) is 6. The van der Waals surface area contributed by atoms with E-state index in [0.29, 0.717) is 12.0 Å². The van der Waals surface area contributed by atoms with Crippen molar-refractivity contribution in [1.29, 1.82) is 0 Å². The van der Waals surface area contributed by atoms with E-state index in [-0.39, 0.29) is 6.17 Å². The van der Waals surface area contributed by atoms with Crippen molar-refractivity contribution >= 4 is 0 Å². The summed E-state index contributed by atoms with van der Waals surface area (Å²) in [4.78, 5) is 11.0. The van der Waals surface area contributed by atoms with Gasteiger partial charge < -0.3 is 19.9 Å². The van der Waals surface area contributed by atoms with Gasteiger partial charge in [0.05, 0.1) is 18.2 Å². The highest BCUT2D eigenvalue weighted by atomic mass is 16.2. The number of aryl methyl sites for hydroxylation is 2. The molecule has 41 heavy (non-hydrogen) atoms. The normalized spacial score (nSPS) is 13.0. The van der Waals surface area contributed by atoms with Gasteiger partial charge in [0.25, 0.3) is 0 Å². The molecule has 2 heterocycles. The molecule has 7 heteroatoms. The molecular weight excluding hydrogens is 508 g/mol. The minimum Gasteiger partial charge on any atom is -0.400 e. The Kier molecular flexibility index (Phi) is 31.2. The molecule has 3 N–H and O–H groups in total. The average molecular weight is 577 g/mol. The highest BCUT2D eigenvalue weighted by Gasteiger charge is 2.19. The summed E-state index contributed by atoms with van der Waals surface area (Å²) in [6.07, 6.45) is 13.6. The lowest BCUT2D eigenvalue weighted by Crippen LogP contribution is -2.31. The molecule has 2 unspecified atom stereocenters. The van der Waals surface area contributed by atoms with Crippen LogP contribution in [0, 0.1) is 12.8 Å². The first kappa shape index (κ1) is 43.4. The first-order chi connectivity index (χ1) is 19.7. The summed E-state index contributed by atoms with van der Waals surface area (Å²) in [6.45, 7) is 25.9. The average Bonchev–Trinajstić information content (AvgIpc) is 3.38. The Morgan fingerprint density at radius 2 is 1.59 bits per heavy atom. The van der Waals surface area contributed by atoms with Crippen LogP contribution in [-0.4, -0.2) is 64.9 Å². The Balaban J connectivity index is -0.000000568. The fourth-order valence-corrected chi connectivity index (χ4v) is 3.90. The molecule has 0 saturated carbocycles. The largest absolute Gasteiger partial charge is 0.400 e. The number of allylic oxidation sites excluding steroid dienone is 1. The fourth-order valence-electron chi connectivity index (χ4n) is 3.90. The summed E-state index contributed by atoms with van der Waals surface area (Å²) in [5.41, 5.74) is 5.16. The van der Waals surface area contributed by atoms with E-state index >= 15 is 0 Å². The van der Waals surface area contributed by atoms with Gasteiger partial charge in [-0.05, 0) is 78.3 Å². The molecule has 0 aromatic carbocycles. The summed E-state index contributed by atoms with van der Waals surface area (Å²) >= 11 is 0. The highest BCUT2D eigenvalue weighted by molar-refractivity contribution is 5.21. The van der Waals surface area contributed by atoms with Gasteiger partial charge in [0.2, 0.25) is 0 Å². The monoisotopic (exact) mass is 577 g/mol. The van der Waals surface area contributed by atoms with Crippen molar-refractivity contribution < 1.29 is 5.11 Å². The van der Waals surface area contributed by atoms with Gasteiger partial charge in [-0.3, -0.25) is 10.3 Å². The van der Waals surface area contributed by atoms with Gasteiger partial charge in [0, 0.05) is 43.2 Å². The number of aliphatic hydroxyl groups excluding tert-OH is 1. The second kappa shape index (κ2) is 29.4. The van der Waals surface area contributed by atoms with E-state index in [2.05, 4.69) is 111 Å². The topological polar surface area (TPSA) is 78.2 Å². The zero-order chi connectivity index (χ0) is 32.2. The lowest BCUT2D eigenvalue weighted by atomic mass is 9.96. The molecular formula is C34H68N6O. The maximum absolute atomic E-state index is 7.00. The second-order valence-corrected chi connectivity index (χ2v) is 9.82. The predicted molar refractivity (Wildman–Crippen MR) is 182 cm³/mol. The third-order valence-electron chi connectivity index (χ3n) is 6.25. The molecule has 3 rings (SSSR count). The van der Waals surface area contributed by atoms with Crippen molar-refractivity contribution in [3.63, 3.8) is 0 Å². The maximum atomic E-state index is 7.00. The summed E-state index contributed by atoms with van der Waals surface area (Å²) in [7, 11) is 5.11. The van der Waals surface area contributed by atoms with E-state index in [1.54, 1.807) is 0 Å². The number of fused-ring (bicyclic) bond motifs is 1. The third kappa shape index (κ3) is 19.6. The zero-order valence-electron chi connectivity index (χ0n) is 29.4. The molecule has 2 aromatic heterocycles. The third-order valence-corrected chi connectivity index (χ3v) is 6.25. The Hall–Kier alpha value is -2.06. The SMILES string of the molecule is C/C=C\C(C)C(NCC)n1cnc(CNC(C)C)c1C.CC.CC.CCN(C)C.CO.c1cnc2c(c1)CCCC2. The van der Waals surface area contributed by atoms with Crippen LogP contribution in [0.3, 0.4) is 0 Å². The van der Waals surface area contributed by atoms with Crippen LogP contribution in [-0.2, 0) is 19.4 Å². The van der Waals surface area contributed by atoms with E-state index in [1.807, 2.05) is 46.3 Å². The molecule has 1 aliphatic rings. The van der Waals surface area contributed by atoms with Gasteiger partial charge in [0.15, 0.2) is 0 Å². The number of rotatable bonds is 9. The molecule has 0 fully saturated rings. The van der Waals surface area contributed by atoms with Crippen LogP contribution in [0.5, 0.6) is 0 Å². The number of aromatic nitrogens is 3. The van der Waals surface area contributed by atoms with Gasteiger partial charge in [-0.15, -0.1) is 0 Å². The first-order valence-corrected chi connectivity index (χ1v) is 15.9. The molecule has 0 saturated heterocycles. The predicted octanol–water partition coefficient (Wildman–Crippen LogP) is 7.20. The number of nitrogens with one attached hydrogen (secondary N) is 2. The van der Waals surface area contributed by atoms with Gasteiger partial charge in [0.1, 0.15) is 0 Å². The van der Waals surface area contributed by atoms with Crippen molar-refractivity contribution in [3.05, 3.63) is 59.5 Å². The smallest absolute Gasteiger partial charge is 0.0965 e. The molecule has 2 aromatic rings. The van der Waals surface area contributed by atoms with Crippen molar-refractivity contribution in [2.75, 3.05) is 34.3 Å². The van der Waals surface area contributed by atoms with Crippen molar-refractivity contribution in [3.8, 4) is 0 Å². The maximum Gasteiger partial charge on any atom is 0.0965 e. The number of pyridine rings is 1. The number of aliphatic hydroxyl groups is 1.